The first-order chi connectivity index (χ1) is 27.1. The van der Waals surface area contributed by atoms with Crippen LogP contribution in [0.2, 0.25) is 25.7 Å². The van der Waals surface area contributed by atoms with E-state index in [1.165, 1.54) is 7.11 Å². The van der Waals surface area contributed by atoms with Crippen LogP contribution in [-0.4, -0.2) is 63.6 Å². The minimum Gasteiger partial charge on any atom is -0.489 e. The van der Waals surface area contributed by atoms with Gasteiger partial charge in [-0.3, -0.25) is 4.79 Å². The molecule has 2 atom stereocenters. The predicted octanol–water partition coefficient (Wildman–Crippen LogP) is 8.65. The van der Waals surface area contributed by atoms with Gasteiger partial charge in [-0.25, -0.2) is 14.4 Å². The van der Waals surface area contributed by atoms with E-state index in [2.05, 4.69) is 30.3 Å². The van der Waals surface area contributed by atoms with Gasteiger partial charge in [0.1, 0.15) is 30.6 Å². The molecule has 0 aliphatic carbocycles. The Labute approximate surface area is 337 Å². The maximum atomic E-state index is 13.7. The molecule has 0 aromatic heterocycles. The average Bonchev–Trinajstić information content (AvgIpc) is 3.15. The summed E-state index contributed by atoms with van der Waals surface area (Å²) in [5.74, 6) is -0.493. The molecule has 4 aromatic rings. The van der Waals surface area contributed by atoms with Crippen molar-refractivity contribution in [3.63, 3.8) is 0 Å². The fourth-order valence-electron chi connectivity index (χ4n) is 5.77. The van der Waals surface area contributed by atoms with Crippen LogP contribution in [0, 0.1) is 0 Å². The molecule has 2 N–H and O–H groups in total. The number of carbonyl (C=O) groups is 4. The lowest BCUT2D eigenvalue weighted by Crippen LogP contribution is -2.44. The summed E-state index contributed by atoms with van der Waals surface area (Å²) in [5.41, 5.74) is 4.26. The first-order valence-electron chi connectivity index (χ1n) is 19.2. The molecule has 1 unspecified atom stereocenters. The third kappa shape index (κ3) is 16.2. The van der Waals surface area contributed by atoms with Crippen LogP contribution in [0.15, 0.2) is 103 Å². The van der Waals surface area contributed by atoms with E-state index in [4.69, 9.17) is 23.7 Å². The van der Waals surface area contributed by atoms with Crippen LogP contribution in [0.25, 0.3) is 11.1 Å². The number of alkyl carbamates (subject to hydrolysis) is 2. The number of hydrogen-bond donors (Lipinski definition) is 2. The molecule has 4 rings (SSSR count). The second-order valence-corrected chi connectivity index (χ2v) is 21.7. The highest BCUT2D eigenvalue weighted by molar-refractivity contribution is 6.76. The Morgan fingerprint density at radius 1 is 0.684 bits per heavy atom. The SMILES string of the molecule is COC(=O)CC(Cc1cccc(-c2ccc(OCc3ccccc3)c(C[C@H](NC(=O)OCc3ccccc3)C(=O)OCC[Si](C)(C)C)c2)c1)NC(=O)OC(C)(C)C. The Bertz CT molecular complexity index is 1920. The highest BCUT2D eigenvalue weighted by Gasteiger charge is 2.27. The zero-order valence-electron chi connectivity index (χ0n) is 34.1. The number of rotatable bonds is 18. The number of hydrogen-bond acceptors (Lipinski definition) is 9. The van der Waals surface area contributed by atoms with Gasteiger partial charge in [0.2, 0.25) is 0 Å². The maximum Gasteiger partial charge on any atom is 0.408 e. The maximum absolute atomic E-state index is 13.7. The van der Waals surface area contributed by atoms with E-state index in [1.807, 2.05) is 103 Å². The Morgan fingerprint density at radius 2 is 1.32 bits per heavy atom. The standard InChI is InChI=1S/C45H56N2O9Si/c1-45(2,3)56-44(51)46-38(29-41(48)52-4)26-34-19-14-20-35(25-34)36-21-22-40(54-30-32-15-10-8-11-16-32)37(27-36)28-39(42(49)53-23-24-57(5,6)7)47-43(50)55-31-33-17-12-9-13-18-33/h8-22,25,27,38-39H,23-24,26,28-31H2,1-7H3,(H,46,51)(H,47,50)/t38?,39-/m0/s1. The van der Waals surface area contributed by atoms with Crippen molar-refractivity contribution in [1.29, 1.82) is 0 Å². The van der Waals surface area contributed by atoms with Gasteiger partial charge < -0.3 is 34.3 Å². The molecule has 11 nitrogen and oxygen atoms in total. The van der Waals surface area contributed by atoms with E-state index in [1.54, 1.807) is 20.8 Å². The zero-order chi connectivity index (χ0) is 41.4. The van der Waals surface area contributed by atoms with E-state index in [0.29, 0.717) is 17.7 Å². The first kappa shape index (κ1) is 44.1. The van der Waals surface area contributed by atoms with Crippen molar-refractivity contribution in [2.75, 3.05) is 13.7 Å². The van der Waals surface area contributed by atoms with E-state index in [9.17, 15) is 19.2 Å². The van der Waals surface area contributed by atoms with Crippen molar-refractivity contribution in [3.05, 3.63) is 125 Å². The van der Waals surface area contributed by atoms with Crippen LogP contribution in [0.4, 0.5) is 9.59 Å². The molecule has 0 aliphatic rings. The lowest BCUT2D eigenvalue weighted by atomic mass is 9.95. The van der Waals surface area contributed by atoms with Crippen molar-refractivity contribution in [3.8, 4) is 16.9 Å². The molecule has 0 bridgehead atoms. The van der Waals surface area contributed by atoms with Crippen LogP contribution in [0.5, 0.6) is 5.75 Å². The molecule has 0 saturated carbocycles. The Kier molecular flexibility index (Phi) is 16.3. The molecular formula is C45H56N2O9Si. The summed E-state index contributed by atoms with van der Waals surface area (Å²) in [7, 11) is -0.210. The lowest BCUT2D eigenvalue weighted by Gasteiger charge is -2.23. The topological polar surface area (TPSA) is 138 Å². The second-order valence-electron chi connectivity index (χ2n) is 16.1. The number of ether oxygens (including phenoxy) is 5. The van der Waals surface area contributed by atoms with Gasteiger partial charge >= 0.3 is 24.1 Å². The average molecular weight is 797 g/mol. The molecule has 0 fully saturated rings. The summed E-state index contributed by atoms with van der Waals surface area (Å²) >= 11 is 0. The third-order valence-electron chi connectivity index (χ3n) is 8.71. The summed E-state index contributed by atoms with van der Waals surface area (Å²) in [4.78, 5) is 51.8. The summed E-state index contributed by atoms with van der Waals surface area (Å²) in [6.07, 6.45) is -1.04. The molecule has 2 amide bonds. The Hall–Kier alpha value is -5.62. The third-order valence-corrected chi connectivity index (χ3v) is 10.4. The molecule has 0 saturated heterocycles. The Morgan fingerprint density at radius 3 is 1.95 bits per heavy atom. The highest BCUT2D eigenvalue weighted by Crippen LogP contribution is 2.30. The van der Waals surface area contributed by atoms with E-state index >= 15 is 0 Å². The quantitative estimate of drug-likeness (QED) is 0.0576. The van der Waals surface area contributed by atoms with Crippen molar-refractivity contribution in [2.24, 2.45) is 0 Å². The van der Waals surface area contributed by atoms with E-state index in [0.717, 1.165) is 33.9 Å². The number of carbonyl (C=O) groups excluding carboxylic acids is 4. The van der Waals surface area contributed by atoms with Crippen LogP contribution in [0.1, 0.15) is 49.4 Å². The van der Waals surface area contributed by atoms with Gasteiger partial charge in [-0.15, -0.1) is 0 Å². The van der Waals surface area contributed by atoms with E-state index in [-0.39, 0.29) is 32.7 Å². The molecule has 0 radical (unpaired) electrons. The van der Waals surface area contributed by atoms with Gasteiger partial charge in [0, 0.05) is 20.5 Å². The molecule has 304 valence electrons. The smallest absolute Gasteiger partial charge is 0.408 e. The molecule has 0 aliphatic heterocycles. The van der Waals surface area contributed by atoms with Crippen LogP contribution >= 0.6 is 0 Å². The predicted molar refractivity (Wildman–Crippen MR) is 223 cm³/mol. The molecule has 4 aromatic carbocycles. The van der Waals surface area contributed by atoms with Gasteiger partial charge in [-0.05, 0) is 78.7 Å². The lowest BCUT2D eigenvalue weighted by molar-refractivity contribution is -0.145. The fraction of sp³-hybridized carbons (Fsp3) is 0.378. The highest BCUT2D eigenvalue weighted by atomic mass is 28.3. The zero-order valence-corrected chi connectivity index (χ0v) is 35.1. The summed E-state index contributed by atoms with van der Waals surface area (Å²) < 4.78 is 28.0. The van der Waals surface area contributed by atoms with Gasteiger partial charge in [-0.1, -0.05) is 111 Å². The normalized spacial score (nSPS) is 12.4. The number of methoxy groups -OCH3 is 1. The number of esters is 2. The van der Waals surface area contributed by atoms with Gasteiger partial charge in [0.25, 0.3) is 0 Å². The molecule has 0 heterocycles. The molecular weight excluding hydrogens is 741 g/mol. The number of nitrogens with one attached hydrogen (secondary N) is 2. The monoisotopic (exact) mass is 796 g/mol. The van der Waals surface area contributed by atoms with Crippen molar-refractivity contribution >= 4 is 32.2 Å². The number of amides is 2. The summed E-state index contributed by atoms with van der Waals surface area (Å²) in [6, 6.07) is 31.6. The van der Waals surface area contributed by atoms with Gasteiger partial charge in [0.05, 0.1) is 20.1 Å². The molecule has 0 spiro atoms. The van der Waals surface area contributed by atoms with E-state index < -0.39 is 49.9 Å². The second kappa shape index (κ2) is 21.1. The van der Waals surface area contributed by atoms with Crippen LogP contribution < -0.4 is 15.4 Å². The van der Waals surface area contributed by atoms with Crippen molar-refractivity contribution in [1.82, 2.24) is 10.6 Å². The fourth-order valence-corrected chi connectivity index (χ4v) is 6.48. The van der Waals surface area contributed by atoms with Crippen molar-refractivity contribution in [2.45, 2.75) is 96.6 Å². The minimum atomic E-state index is -1.51. The molecule has 57 heavy (non-hydrogen) atoms. The Balaban J connectivity index is 1.64. The molecule has 12 heteroatoms. The van der Waals surface area contributed by atoms with Crippen LogP contribution in [-0.2, 0) is 54.6 Å². The first-order valence-corrected chi connectivity index (χ1v) is 22.9. The summed E-state index contributed by atoms with van der Waals surface area (Å²) in [6.45, 7) is 12.5. The van der Waals surface area contributed by atoms with Gasteiger partial charge in [-0.2, -0.15) is 0 Å². The largest absolute Gasteiger partial charge is 0.489 e. The van der Waals surface area contributed by atoms with Crippen molar-refractivity contribution < 1.29 is 42.9 Å². The van der Waals surface area contributed by atoms with Crippen LogP contribution in [0.3, 0.4) is 0 Å². The number of benzene rings is 4. The minimum absolute atomic E-state index is 0.0368. The summed E-state index contributed by atoms with van der Waals surface area (Å²) in [5, 5.41) is 5.58. The van der Waals surface area contributed by atoms with Gasteiger partial charge in [0.15, 0.2) is 0 Å².